The second-order valence-electron chi connectivity index (χ2n) is 5.25. The zero-order valence-corrected chi connectivity index (χ0v) is 11.6. The van der Waals surface area contributed by atoms with Crippen LogP contribution in [0.25, 0.3) is 0 Å². The number of furan rings is 1. The summed E-state index contributed by atoms with van der Waals surface area (Å²) in [5, 5.41) is 8.86. The van der Waals surface area contributed by atoms with Gasteiger partial charge in [0, 0.05) is 19.2 Å². The number of fused-ring (bicyclic) bond motifs is 1. The summed E-state index contributed by atoms with van der Waals surface area (Å²) in [4.78, 5) is 24.8. The molecule has 0 spiro atoms. The lowest BCUT2D eigenvalue weighted by molar-refractivity contribution is 0.0691. The summed E-state index contributed by atoms with van der Waals surface area (Å²) < 4.78 is 5.07. The van der Waals surface area contributed by atoms with E-state index < -0.39 is 5.97 Å². The average molecular weight is 285 g/mol. The molecule has 2 aromatic rings. The van der Waals surface area contributed by atoms with Gasteiger partial charge in [-0.2, -0.15) is 0 Å². The lowest BCUT2D eigenvalue weighted by atomic mass is 10.1. The fourth-order valence-corrected chi connectivity index (χ4v) is 2.71. The monoisotopic (exact) mass is 285 g/mol. The van der Waals surface area contributed by atoms with Gasteiger partial charge in [-0.15, -0.1) is 0 Å². The van der Waals surface area contributed by atoms with E-state index in [1.165, 1.54) is 17.2 Å². The minimum absolute atomic E-state index is 0.0125. The Hall–Kier alpha value is -2.56. The Morgan fingerprint density at radius 1 is 1.24 bits per heavy atom. The van der Waals surface area contributed by atoms with E-state index in [1.54, 1.807) is 11.9 Å². The normalized spacial score (nSPS) is 14.0. The molecule has 108 valence electrons. The minimum Gasteiger partial charge on any atom is -0.478 e. The van der Waals surface area contributed by atoms with E-state index in [4.69, 9.17) is 9.52 Å². The largest absolute Gasteiger partial charge is 0.478 e. The molecule has 0 fully saturated rings. The summed E-state index contributed by atoms with van der Waals surface area (Å²) in [5.74, 6) is -1.33. The highest BCUT2D eigenvalue weighted by molar-refractivity contribution is 5.95. The van der Waals surface area contributed by atoms with Crippen molar-refractivity contribution in [2.45, 2.75) is 18.9 Å². The molecule has 1 aromatic carbocycles. The van der Waals surface area contributed by atoms with Gasteiger partial charge < -0.3 is 14.4 Å². The van der Waals surface area contributed by atoms with Crippen LogP contribution in [-0.2, 0) is 12.8 Å². The van der Waals surface area contributed by atoms with Gasteiger partial charge in [0.25, 0.3) is 5.91 Å². The average Bonchev–Trinajstić information content (AvgIpc) is 3.12. The third-order valence-corrected chi connectivity index (χ3v) is 3.95. The van der Waals surface area contributed by atoms with Gasteiger partial charge in [0.2, 0.25) is 0 Å². The summed E-state index contributed by atoms with van der Waals surface area (Å²) >= 11 is 0. The van der Waals surface area contributed by atoms with Gasteiger partial charge in [0.15, 0.2) is 5.76 Å². The van der Waals surface area contributed by atoms with E-state index in [0.717, 1.165) is 19.1 Å². The third-order valence-electron chi connectivity index (χ3n) is 3.95. The zero-order chi connectivity index (χ0) is 15.0. The maximum Gasteiger partial charge on any atom is 0.338 e. The molecular formula is C16H15NO4. The maximum atomic E-state index is 12.4. The number of carbonyl (C=O) groups excluding carboxylic acids is 1. The van der Waals surface area contributed by atoms with Gasteiger partial charge in [-0.1, -0.05) is 24.3 Å². The molecule has 0 saturated carbocycles. The van der Waals surface area contributed by atoms with Crippen LogP contribution in [0.2, 0.25) is 0 Å². The molecule has 5 heteroatoms. The highest BCUT2D eigenvalue weighted by Crippen LogP contribution is 2.25. The molecule has 1 aromatic heterocycles. The van der Waals surface area contributed by atoms with Crippen LogP contribution in [0.1, 0.15) is 32.0 Å². The Kier molecular flexibility index (Phi) is 3.25. The van der Waals surface area contributed by atoms with E-state index in [9.17, 15) is 9.59 Å². The number of benzene rings is 1. The van der Waals surface area contributed by atoms with Crippen LogP contribution < -0.4 is 0 Å². The predicted molar refractivity (Wildman–Crippen MR) is 75.4 cm³/mol. The van der Waals surface area contributed by atoms with Crippen molar-refractivity contribution in [3.05, 3.63) is 59.0 Å². The molecule has 0 radical (unpaired) electrons. The van der Waals surface area contributed by atoms with Crippen molar-refractivity contribution in [2.24, 2.45) is 0 Å². The number of carbonyl (C=O) groups is 2. The quantitative estimate of drug-likeness (QED) is 0.938. The zero-order valence-electron chi connectivity index (χ0n) is 11.6. The number of amides is 1. The molecule has 1 amide bonds. The van der Waals surface area contributed by atoms with Crippen molar-refractivity contribution in [2.75, 3.05) is 7.05 Å². The Bertz CT molecular complexity index is 679. The van der Waals surface area contributed by atoms with Crippen molar-refractivity contribution < 1.29 is 19.1 Å². The van der Waals surface area contributed by atoms with E-state index in [-0.39, 0.29) is 23.3 Å². The standard InChI is InChI=1S/C16H15NO4/c1-17(13-6-10-4-2-3-5-11(10)7-13)15(18)14-8-12(9-21-14)16(19)20/h2-5,8-9,13H,6-7H2,1H3,(H,19,20). The summed E-state index contributed by atoms with van der Waals surface area (Å²) in [6.45, 7) is 0. The summed E-state index contributed by atoms with van der Waals surface area (Å²) in [6, 6.07) is 9.48. The third kappa shape index (κ3) is 2.42. The van der Waals surface area contributed by atoms with Gasteiger partial charge in [-0.05, 0) is 24.0 Å². The summed E-state index contributed by atoms with van der Waals surface area (Å²) in [6.07, 6.45) is 2.71. The first-order chi connectivity index (χ1) is 10.1. The number of hydrogen-bond donors (Lipinski definition) is 1. The van der Waals surface area contributed by atoms with Crippen molar-refractivity contribution in [3.8, 4) is 0 Å². The Morgan fingerprint density at radius 2 is 1.86 bits per heavy atom. The summed E-state index contributed by atoms with van der Waals surface area (Å²) in [7, 11) is 1.72. The second-order valence-corrected chi connectivity index (χ2v) is 5.25. The van der Waals surface area contributed by atoms with Crippen LogP contribution in [0, 0.1) is 0 Å². The Balaban J connectivity index is 1.75. The molecule has 1 N–H and O–H groups in total. The summed E-state index contributed by atoms with van der Waals surface area (Å²) in [5.41, 5.74) is 2.50. The smallest absolute Gasteiger partial charge is 0.338 e. The molecule has 1 heterocycles. The molecule has 1 aliphatic carbocycles. The fraction of sp³-hybridized carbons (Fsp3) is 0.250. The molecular weight excluding hydrogens is 270 g/mol. The molecule has 0 bridgehead atoms. The van der Waals surface area contributed by atoms with Gasteiger partial charge in [-0.25, -0.2) is 4.79 Å². The topological polar surface area (TPSA) is 70.8 Å². The van der Waals surface area contributed by atoms with Gasteiger partial charge >= 0.3 is 5.97 Å². The molecule has 5 nitrogen and oxygen atoms in total. The lowest BCUT2D eigenvalue weighted by Crippen LogP contribution is -2.37. The first-order valence-electron chi connectivity index (χ1n) is 6.72. The highest BCUT2D eigenvalue weighted by atomic mass is 16.4. The van der Waals surface area contributed by atoms with E-state index in [1.807, 2.05) is 12.1 Å². The van der Waals surface area contributed by atoms with Crippen molar-refractivity contribution in [1.29, 1.82) is 0 Å². The van der Waals surface area contributed by atoms with Gasteiger partial charge in [0.05, 0.1) is 5.56 Å². The molecule has 3 rings (SSSR count). The van der Waals surface area contributed by atoms with E-state index in [2.05, 4.69) is 12.1 Å². The number of hydrogen-bond acceptors (Lipinski definition) is 3. The van der Waals surface area contributed by atoms with Gasteiger partial charge in [0.1, 0.15) is 6.26 Å². The Labute approximate surface area is 121 Å². The minimum atomic E-state index is -1.10. The molecule has 1 aliphatic rings. The number of aromatic carboxylic acids is 1. The fourth-order valence-electron chi connectivity index (χ4n) is 2.71. The van der Waals surface area contributed by atoms with Crippen molar-refractivity contribution in [1.82, 2.24) is 4.90 Å². The Morgan fingerprint density at radius 3 is 2.38 bits per heavy atom. The predicted octanol–water partition coefficient (Wildman–Crippen LogP) is 2.22. The first kappa shape index (κ1) is 13.4. The van der Waals surface area contributed by atoms with Gasteiger partial charge in [-0.3, -0.25) is 4.79 Å². The van der Waals surface area contributed by atoms with E-state index in [0.29, 0.717) is 0 Å². The second kappa shape index (κ2) is 5.09. The van der Waals surface area contributed by atoms with Crippen LogP contribution in [0.3, 0.4) is 0 Å². The van der Waals surface area contributed by atoms with Crippen LogP contribution in [0.4, 0.5) is 0 Å². The molecule has 0 saturated heterocycles. The van der Waals surface area contributed by atoms with Crippen LogP contribution in [-0.4, -0.2) is 35.0 Å². The molecule has 0 atom stereocenters. The number of carboxylic acids is 1. The SMILES string of the molecule is CN(C(=O)c1cc(C(=O)O)co1)C1Cc2ccccc2C1. The highest BCUT2D eigenvalue weighted by Gasteiger charge is 2.29. The van der Waals surface area contributed by atoms with Crippen LogP contribution >= 0.6 is 0 Å². The maximum absolute atomic E-state index is 12.4. The molecule has 21 heavy (non-hydrogen) atoms. The first-order valence-corrected chi connectivity index (χ1v) is 6.72. The number of rotatable bonds is 3. The van der Waals surface area contributed by atoms with Crippen LogP contribution in [0.15, 0.2) is 41.0 Å². The number of likely N-dealkylation sites (N-methyl/N-ethyl adjacent to an activating group) is 1. The van der Waals surface area contributed by atoms with Crippen LogP contribution in [0.5, 0.6) is 0 Å². The number of nitrogens with zero attached hydrogens (tertiary/aromatic N) is 1. The molecule has 0 aliphatic heterocycles. The van der Waals surface area contributed by atoms with Crippen molar-refractivity contribution >= 4 is 11.9 Å². The number of carboxylic acid groups (broad SMARTS) is 1. The molecule has 0 unspecified atom stereocenters. The van der Waals surface area contributed by atoms with E-state index >= 15 is 0 Å². The van der Waals surface area contributed by atoms with Crippen molar-refractivity contribution in [3.63, 3.8) is 0 Å². The lowest BCUT2D eigenvalue weighted by Gasteiger charge is -2.23.